The fourth-order valence-corrected chi connectivity index (χ4v) is 1.68. The fourth-order valence-electron chi connectivity index (χ4n) is 1.68. The molecule has 2 aromatic rings. The van der Waals surface area contributed by atoms with E-state index in [1.807, 2.05) is 0 Å². The van der Waals surface area contributed by atoms with E-state index < -0.39 is 11.6 Å². The zero-order valence-electron chi connectivity index (χ0n) is 11.4. The maximum absolute atomic E-state index is 13.4. The first kappa shape index (κ1) is 15.1. The van der Waals surface area contributed by atoms with Gasteiger partial charge in [0.2, 0.25) is 0 Å². The number of hydrogen-bond donors (Lipinski definition) is 1. The normalized spacial score (nSPS) is 11.5. The molecule has 0 saturated heterocycles. The number of oxime groups is 1. The number of nitrogens with zero attached hydrogens (tertiary/aromatic N) is 2. The van der Waals surface area contributed by atoms with Crippen molar-refractivity contribution in [3.05, 3.63) is 65.0 Å². The van der Waals surface area contributed by atoms with Gasteiger partial charge < -0.3 is 9.94 Å². The van der Waals surface area contributed by atoms with Crippen LogP contribution in [0.3, 0.4) is 0 Å². The third-order valence-electron chi connectivity index (χ3n) is 2.73. The predicted octanol–water partition coefficient (Wildman–Crippen LogP) is 2.64. The molecule has 0 bridgehead atoms. The Bertz CT molecular complexity index is 643. The molecule has 0 fully saturated rings. The van der Waals surface area contributed by atoms with Crippen LogP contribution < -0.4 is 0 Å². The minimum Gasteiger partial charge on any atom is -0.396 e. The summed E-state index contributed by atoms with van der Waals surface area (Å²) in [6, 6.07) is 6.76. The van der Waals surface area contributed by atoms with Crippen molar-refractivity contribution < 1.29 is 18.7 Å². The molecule has 1 N–H and O–H groups in total. The maximum atomic E-state index is 13.4. The van der Waals surface area contributed by atoms with Crippen LogP contribution in [-0.4, -0.2) is 22.4 Å². The molecule has 0 amide bonds. The van der Waals surface area contributed by atoms with Crippen molar-refractivity contribution in [3.8, 4) is 0 Å². The topological polar surface area (TPSA) is 54.7 Å². The van der Waals surface area contributed by atoms with E-state index in [-0.39, 0.29) is 6.61 Å². The Morgan fingerprint density at radius 1 is 1.24 bits per heavy atom. The van der Waals surface area contributed by atoms with Crippen LogP contribution in [0.4, 0.5) is 8.78 Å². The van der Waals surface area contributed by atoms with Crippen LogP contribution in [0.5, 0.6) is 0 Å². The lowest BCUT2D eigenvalue weighted by Crippen LogP contribution is -2.08. The molecule has 0 aliphatic heterocycles. The lowest BCUT2D eigenvalue weighted by molar-refractivity contribution is 0.159. The number of halogens is 2. The van der Waals surface area contributed by atoms with E-state index >= 15 is 0 Å². The summed E-state index contributed by atoms with van der Waals surface area (Å²) in [5.74, 6) is -1.90. The molecule has 0 radical (unpaired) electrons. The summed E-state index contributed by atoms with van der Waals surface area (Å²) in [6.45, 7) is 1.97. The van der Waals surface area contributed by atoms with Crippen molar-refractivity contribution in [1.82, 2.24) is 4.98 Å². The van der Waals surface area contributed by atoms with Crippen LogP contribution >= 0.6 is 0 Å². The SMILES string of the molecule is CCO/N=C(/c1ccc(F)c(F)c1)c1ccc(CO)cn1. The van der Waals surface area contributed by atoms with Gasteiger partial charge in [0.15, 0.2) is 11.6 Å². The standard InChI is InChI=1S/C15H14F2N2O2/c1-2-21-19-15(11-4-5-12(16)13(17)7-11)14-6-3-10(9-20)8-18-14/h3-8,20H,2,9H2,1H3/b19-15-. The summed E-state index contributed by atoms with van der Waals surface area (Å²) >= 11 is 0. The van der Waals surface area contributed by atoms with Gasteiger partial charge in [0.05, 0.1) is 12.3 Å². The van der Waals surface area contributed by atoms with Crippen molar-refractivity contribution in [1.29, 1.82) is 0 Å². The molecule has 4 nitrogen and oxygen atoms in total. The Hall–Kier alpha value is -2.34. The molecule has 1 aromatic heterocycles. The molecule has 0 aliphatic carbocycles. The fraction of sp³-hybridized carbons (Fsp3) is 0.200. The molecule has 6 heteroatoms. The first-order valence-electron chi connectivity index (χ1n) is 6.37. The van der Waals surface area contributed by atoms with E-state index in [4.69, 9.17) is 9.94 Å². The molecule has 110 valence electrons. The second-order valence-electron chi connectivity index (χ2n) is 4.20. The molecule has 2 rings (SSSR count). The monoisotopic (exact) mass is 292 g/mol. The average molecular weight is 292 g/mol. The first-order valence-corrected chi connectivity index (χ1v) is 6.37. The summed E-state index contributed by atoms with van der Waals surface area (Å²) < 4.78 is 26.4. The van der Waals surface area contributed by atoms with Gasteiger partial charge in [0, 0.05) is 11.8 Å². The lowest BCUT2D eigenvalue weighted by atomic mass is 10.1. The minimum absolute atomic E-state index is 0.129. The van der Waals surface area contributed by atoms with Crippen LogP contribution in [0.2, 0.25) is 0 Å². The van der Waals surface area contributed by atoms with E-state index in [9.17, 15) is 8.78 Å². The Morgan fingerprint density at radius 3 is 2.62 bits per heavy atom. The third kappa shape index (κ3) is 3.61. The molecule has 1 heterocycles. The highest BCUT2D eigenvalue weighted by Crippen LogP contribution is 2.14. The van der Waals surface area contributed by atoms with Crippen LogP contribution in [0.15, 0.2) is 41.7 Å². The first-order chi connectivity index (χ1) is 10.2. The van der Waals surface area contributed by atoms with Gasteiger partial charge in [0.1, 0.15) is 12.3 Å². The number of rotatable bonds is 5. The molecular formula is C15H14F2N2O2. The lowest BCUT2D eigenvalue weighted by Gasteiger charge is -2.07. The van der Waals surface area contributed by atoms with Gasteiger partial charge in [-0.25, -0.2) is 8.78 Å². The third-order valence-corrected chi connectivity index (χ3v) is 2.73. The highest BCUT2D eigenvalue weighted by molar-refractivity contribution is 6.11. The molecule has 1 aromatic carbocycles. The number of pyridine rings is 1. The van der Waals surface area contributed by atoms with Crippen molar-refractivity contribution >= 4 is 5.71 Å². The summed E-state index contributed by atoms with van der Waals surface area (Å²) in [6.07, 6.45) is 1.48. The Morgan fingerprint density at radius 2 is 2.05 bits per heavy atom. The average Bonchev–Trinajstić information content (AvgIpc) is 2.51. The highest BCUT2D eigenvalue weighted by atomic mass is 19.2. The maximum Gasteiger partial charge on any atom is 0.159 e. The van der Waals surface area contributed by atoms with Gasteiger partial charge in [0.25, 0.3) is 0 Å². The van der Waals surface area contributed by atoms with E-state index in [1.165, 1.54) is 12.3 Å². The molecule has 0 spiro atoms. The smallest absolute Gasteiger partial charge is 0.159 e. The number of aliphatic hydroxyl groups excluding tert-OH is 1. The number of aliphatic hydroxyl groups is 1. The second kappa shape index (κ2) is 6.90. The molecular weight excluding hydrogens is 278 g/mol. The molecule has 0 unspecified atom stereocenters. The number of aromatic nitrogens is 1. The van der Waals surface area contributed by atoms with Gasteiger partial charge in [-0.3, -0.25) is 4.98 Å². The Labute approximate surface area is 120 Å². The predicted molar refractivity (Wildman–Crippen MR) is 73.8 cm³/mol. The van der Waals surface area contributed by atoms with Gasteiger partial charge >= 0.3 is 0 Å². The zero-order chi connectivity index (χ0) is 15.2. The largest absolute Gasteiger partial charge is 0.396 e. The van der Waals surface area contributed by atoms with Crippen LogP contribution in [-0.2, 0) is 11.4 Å². The van der Waals surface area contributed by atoms with Crippen molar-refractivity contribution in [2.75, 3.05) is 6.61 Å². The van der Waals surface area contributed by atoms with Gasteiger partial charge in [-0.05, 0) is 36.8 Å². The van der Waals surface area contributed by atoms with Crippen LogP contribution in [0.25, 0.3) is 0 Å². The quantitative estimate of drug-likeness (QED) is 0.681. The summed E-state index contributed by atoms with van der Waals surface area (Å²) in [4.78, 5) is 9.16. The highest BCUT2D eigenvalue weighted by Gasteiger charge is 2.12. The Balaban J connectivity index is 2.44. The van der Waals surface area contributed by atoms with Gasteiger partial charge in [-0.1, -0.05) is 11.2 Å². The minimum atomic E-state index is -0.969. The number of hydrogen-bond acceptors (Lipinski definition) is 4. The van der Waals surface area contributed by atoms with E-state index in [0.29, 0.717) is 29.1 Å². The summed E-state index contributed by atoms with van der Waals surface area (Å²) in [5.41, 5.74) is 1.72. The zero-order valence-corrected chi connectivity index (χ0v) is 11.4. The summed E-state index contributed by atoms with van der Waals surface area (Å²) in [7, 11) is 0. The van der Waals surface area contributed by atoms with E-state index in [2.05, 4.69) is 10.1 Å². The summed E-state index contributed by atoms with van der Waals surface area (Å²) in [5, 5.41) is 12.9. The van der Waals surface area contributed by atoms with Crippen molar-refractivity contribution in [3.63, 3.8) is 0 Å². The van der Waals surface area contributed by atoms with Crippen molar-refractivity contribution in [2.45, 2.75) is 13.5 Å². The molecule has 21 heavy (non-hydrogen) atoms. The Kier molecular flexibility index (Phi) is 4.94. The van der Waals surface area contributed by atoms with Crippen LogP contribution in [0, 0.1) is 11.6 Å². The van der Waals surface area contributed by atoms with E-state index in [0.717, 1.165) is 12.1 Å². The molecule has 0 aliphatic rings. The molecule has 0 atom stereocenters. The van der Waals surface area contributed by atoms with Gasteiger partial charge in [-0.2, -0.15) is 0 Å². The van der Waals surface area contributed by atoms with Crippen LogP contribution in [0.1, 0.15) is 23.7 Å². The van der Waals surface area contributed by atoms with Crippen molar-refractivity contribution in [2.24, 2.45) is 5.16 Å². The second-order valence-corrected chi connectivity index (χ2v) is 4.20. The molecule has 0 saturated carbocycles. The number of benzene rings is 1. The van der Waals surface area contributed by atoms with E-state index in [1.54, 1.807) is 19.1 Å². The van der Waals surface area contributed by atoms with Gasteiger partial charge in [-0.15, -0.1) is 0 Å².